The summed E-state index contributed by atoms with van der Waals surface area (Å²) in [5.41, 5.74) is 1.10. The largest absolute Gasteiger partial charge is 0.490 e. The molecule has 2 aromatic carbocycles. The smallest absolute Gasteiger partial charge is 0.326 e. The van der Waals surface area contributed by atoms with Crippen molar-refractivity contribution in [1.29, 1.82) is 0 Å². The maximum Gasteiger partial charge on any atom is 0.326 e. The molecule has 0 aliphatic carbocycles. The average Bonchev–Trinajstić information content (AvgIpc) is 3.06. The molecule has 3 amide bonds. The van der Waals surface area contributed by atoms with E-state index in [0.717, 1.165) is 4.90 Å². The van der Waals surface area contributed by atoms with Crippen molar-refractivity contribution in [1.82, 2.24) is 4.90 Å². The number of nitrogens with zero attached hydrogens (tertiary/aromatic N) is 1. The van der Waals surface area contributed by atoms with Gasteiger partial charge in [0.15, 0.2) is 18.1 Å². The molecule has 0 saturated carbocycles. The highest BCUT2D eigenvalue weighted by Gasteiger charge is 2.37. The first-order chi connectivity index (χ1) is 17.2. The maximum absolute atomic E-state index is 12.7. The van der Waals surface area contributed by atoms with Gasteiger partial charge in [0.1, 0.15) is 6.54 Å². The van der Waals surface area contributed by atoms with Gasteiger partial charge in [0, 0.05) is 5.69 Å². The zero-order valence-corrected chi connectivity index (χ0v) is 21.5. The van der Waals surface area contributed by atoms with E-state index in [-0.39, 0.29) is 40.0 Å². The Labute approximate surface area is 217 Å². The predicted octanol–water partition coefficient (Wildman–Crippen LogP) is 4.74. The first-order valence-electron chi connectivity index (χ1n) is 11.1. The first kappa shape index (κ1) is 27.1. The number of esters is 1. The summed E-state index contributed by atoms with van der Waals surface area (Å²) in [5, 5.41) is 2.29. The fourth-order valence-electron chi connectivity index (χ4n) is 3.15. The van der Waals surface area contributed by atoms with Crippen LogP contribution in [0.15, 0.2) is 47.4 Å². The van der Waals surface area contributed by atoms with Crippen molar-refractivity contribution in [3.8, 4) is 11.5 Å². The van der Waals surface area contributed by atoms with Gasteiger partial charge in [-0.3, -0.25) is 24.1 Å². The predicted molar refractivity (Wildman–Crippen MR) is 137 cm³/mol. The number of halogens is 1. The van der Waals surface area contributed by atoms with Gasteiger partial charge < -0.3 is 19.5 Å². The number of nitrogens with one attached hydrogen (secondary N) is 1. The van der Waals surface area contributed by atoms with Crippen LogP contribution >= 0.6 is 23.4 Å². The quantitative estimate of drug-likeness (QED) is 0.345. The van der Waals surface area contributed by atoms with Gasteiger partial charge in [-0.25, -0.2) is 0 Å². The van der Waals surface area contributed by atoms with Crippen LogP contribution in [0, 0.1) is 0 Å². The van der Waals surface area contributed by atoms with Crippen LogP contribution < -0.4 is 14.8 Å². The zero-order chi connectivity index (χ0) is 26.2. The Morgan fingerprint density at radius 2 is 1.86 bits per heavy atom. The third-order valence-electron chi connectivity index (χ3n) is 4.56. The van der Waals surface area contributed by atoms with Crippen LogP contribution in [0.5, 0.6) is 11.5 Å². The monoisotopic (exact) mass is 532 g/mol. The number of benzene rings is 2. The number of hydrogen-bond acceptors (Lipinski definition) is 8. The van der Waals surface area contributed by atoms with Crippen LogP contribution in [-0.4, -0.2) is 53.8 Å². The van der Waals surface area contributed by atoms with E-state index in [0.29, 0.717) is 29.6 Å². The number of thioether (sulfide) groups is 1. The number of rotatable bonds is 10. The van der Waals surface area contributed by atoms with E-state index in [9.17, 15) is 19.2 Å². The highest BCUT2D eigenvalue weighted by molar-refractivity contribution is 8.18. The minimum Gasteiger partial charge on any atom is -0.490 e. The second-order valence-corrected chi connectivity index (χ2v) is 9.17. The Kier molecular flexibility index (Phi) is 9.38. The Balaban J connectivity index is 1.74. The fourth-order valence-corrected chi connectivity index (χ4v) is 4.26. The minimum absolute atomic E-state index is 0.117. The van der Waals surface area contributed by atoms with Crippen LogP contribution in [0.25, 0.3) is 6.08 Å². The van der Waals surface area contributed by atoms with Crippen molar-refractivity contribution in [3.05, 3.63) is 58.0 Å². The second-order valence-electron chi connectivity index (χ2n) is 7.77. The van der Waals surface area contributed by atoms with Crippen molar-refractivity contribution < 1.29 is 33.4 Å². The van der Waals surface area contributed by atoms with Gasteiger partial charge in [-0.05, 0) is 68.4 Å². The lowest BCUT2D eigenvalue weighted by Crippen LogP contribution is -2.35. The van der Waals surface area contributed by atoms with E-state index in [2.05, 4.69) is 5.32 Å². The molecule has 1 aliphatic heterocycles. The molecule has 11 heteroatoms. The van der Waals surface area contributed by atoms with E-state index < -0.39 is 23.7 Å². The van der Waals surface area contributed by atoms with E-state index in [1.54, 1.807) is 51.1 Å². The molecule has 0 aromatic heterocycles. The van der Waals surface area contributed by atoms with Crippen molar-refractivity contribution in [2.45, 2.75) is 26.9 Å². The van der Waals surface area contributed by atoms with Gasteiger partial charge >= 0.3 is 5.97 Å². The molecule has 1 fully saturated rings. The van der Waals surface area contributed by atoms with Gasteiger partial charge in [0.2, 0.25) is 0 Å². The standard InChI is InChI=1S/C25H25ClN2O7S/c1-4-33-19-11-16(12-20-24(31)28(25(32)36-20)13-22(30)35-15(2)3)10-18(26)23(19)34-14-21(29)27-17-8-6-5-7-9-17/h5-12,15H,4,13-14H2,1-3H3,(H,27,29)/b20-12+. The second kappa shape index (κ2) is 12.5. The van der Waals surface area contributed by atoms with E-state index in [1.807, 2.05) is 6.07 Å². The summed E-state index contributed by atoms with van der Waals surface area (Å²) in [5.74, 6) is -1.23. The summed E-state index contributed by atoms with van der Waals surface area (Å²) in [4.78, 5) is 50.1. The summed E-state index contributed by atoms with van der Waals surface area (Å²) in [6.45, 7) is 4.64. The lowest BCUT2D eigenvalue weighted by atomic mass is 10.1. The van der Waals surface area contributed by atoms with Crippen LogP contribution in [0.3, 0.4) is 0 Å². The van der Waals surface area contributed by atoms with E-state index >= 15 is 0 Å². The number of amides is 3. The number of imide groups is 1. The summed E-state index contributed by atoms with van der Waals surface area (Å²) >= 11 is 7.12. The number of hydrogen-bond donors (Lipinski definition) is 1. The van der Waals surface area contributed by atoms with Gasteiger partial charge in [0.25, 0.3) is 17.1 Å². The molecule has 1 aliphatic rings. The number of carbonyl (C=O) groups is 4. The van der Waals surface area contributed by atoms with Crippen molar-refractivity contribution in [2.75, 3.05) is 25.1 Å². The van der Waals surface area contributed by atoms with Gasteiger partial charge in [0.05, 0.1) is 22.6 Å². The molecule has 1 saturated heterocycles. The van der Waals surface area contributed by atoms with Crippen molar-refractivity contribution in [2.24, 2.45) is 0 Å². The molecule has 0 atom stereocenters. The SMILES string of the molecule is CCOc1cc(/C=C2/SC(=O)N(CC(=O)OC(C)C)C2=O)cc(Cl)c1OCC(=O)Nc1ccccc1. The fraction of sp³-hybridized carbons (Fsp3) is 0.280. The number of para-hydroxylation sites is 1. The lowest BCUT2D eigenvalue weighted by molar-refractivity contribution is -0.149. The molecular formula is C25H25ClN2O7S. The highest BCUT2D eigenvalue weighted by Crippen LogP contribution is 2.39. The molecule has 36 heavy (non-hydrogen) atoms. The van der Waals surface area contributed by atoms with E-state index in [4.69, 9.17) is 25.8 Å². The highest BCUT2D eigenvalue weighted by atomic mass is 35.5. The molecular weight excluding hydrogens is 508 g/mol. The third-order valence-corrected chi connectivity index (χ3v) is 5.75. The Morgan fingerprint density at radius 3 is 2.53 bits per heavy atom. The van der Waals surface area contributed by atoms with Crippen LogP contribution in [-0.2, 0) is 19.1 Å². The molecule has 3 rings (SSSR count). The molecule has 2 aromatic rings. The van der Waals surface area contributed by atoms with Crippen LogP contribution in [0.1, 0.15) is 26.3 Å². The average molecular weight is 533 g/mol. The summed E-state index contributed by atoms with van der Waals surface area (Å²) in [6, 6.07) is 12.0. The Morgan fingerprint density at radius 1 is 1.14 bits per heavy atom. The van der Waals surface area contributed by atoms with Crippen molar-refractivity contribution >= 4 is 58.1 Å². The molecule has 0 radical (unpaired) electrons. The normalized spacial score (nSPS) is 14.4. The molecule has 1 heterocycles. The lowest BCUT2D eigenvalue weighted by Gasteiger charge is -2.15. The molecule has 1 N–H and O–H groups in total. The number of anilines is 1. The first-order valence-corrected chi connectivity index (χ1v) is 12.3. The van der Waals surface area contributed by atoms with Gasteiger partial charge in [-0.15, -0.1) is 0 Å². The molecule has 0 unspecified atom stereocenters. The van der Waals surface area contributed by atoms with Crippen LogP contribution in [0.4, 0.5) is 10.5 Å². The Bertz CT molecular complexity index is 1180. The van der Waals surface area contributed by atoms with Crippen molar-refractivity contribution in [3.63, 3.8) is 0 Å². The molecule has 9 nitrogen and oxygen atoms in total. The van der Waals surface area contributed by atoms with E-state index in [1.165, 1.54) is 12.1 Å². The van der Waals surface area contributed by atoms with Gasteiger partial charge in [-0.2, -0.15) is 0 Å². The Hall–Kier alpha value is -3.50. The molecule has 190 valence electrons. The van der Waals surface area contributed by atoms with Gasteiger partial charge in [-0.1, -0.05) is 29.8 Å². The third kappa shape index (κ3) is 7.25. The number of carbonyl (C=O) groups excluding carboxylic acids is 4. The maximum atomic E-state index is 12.7. The molecule has 0 spiro atoms. The van der Waals surface area contributed by atoms with Crippen LogP contribution in [0.2, 0.25) is 5.02 Å². The minimum atomic E-state index is -0.673. The topological polar surface area (TPSA) is 111 Å². The summed E-state index contributed by atoms with van der Waals surface area (Å²) < 4.78 is 16.3. The zero-order valence-electron chi connectivity index (χ0n) is 19.9. The number of ether oxygens (including phenoxy) is 3. The summed E-state index contributed by atoms with van der Waals surface area (Å²) in [7, 11) is 0. The molecule has 0 bridgehead atoms. The summed E-state index contributed by atoms with van der Waals surface area (Å²) in [6.07, 6.45) is 1.11.